The van der Waals surface area contributed by atoms with Crippen molar-refractivity contribution in [3.8, 4) is 0 Å². The second kappa shape index (κ2) is 9.89. The van der Waals surface area contributed by atoms with E-state index in [1.165, 1.54) is 7.11 Å². The molecule has 8 heteroatoms. The fraction of sp³-hybridized carbons (Fsp3) is 0.450. The Balaban J connectivity index is 1.90. The Labute approximate surface area is 164 Å². The van der Waals surface area contributed by atoms with Crippen molar-refractivity contribution < 1.29 is 23.8 Å². The van der Waals surface area contributed by atoms with Crippen LogP contribution in [-0.2, 0) is 38.8 Å². The number of esters is 1. The highest BCUT2D eigenvalue weighted by atomic mass is 16.6. The molecule has 1 aromatic carbocycles. The van der Waals surface area contributed by atoms with Gasteiger partial charge in [0.25, 0.3) is 0 Å². The minimum Gasteiger partial charge on any atom is -0.467 e. The fourth-order valence-corrected chi connectivity index (χ4v) is 2.42. The summed E-state index contributed by atoms with van der Waals surface area (Å²) in [7, 11) is 1.27. The summed E-state index contributed by atoms with van der Waals surface area (Å²) in [6.45, 7) is 6.05. The van der Waals surface area contributed by atoms with E-state index in [9.17, 15) is 9.59 Å². The quantitative estimate of drug-likeness (QED) is 0.698. The van der Waals surface area contributed by atoms with E-state index in [1.54, 1.807) is 37.9 Å². The first kappa shape index (κ1) is 21.4. The van der Waals surface area contributed by atoms with Crippen molar-refractivity contribution in [2.45, 2.75) is 52.2 Å². The van der Waals surface area contributed by atoms with Crippen LogP contribution < -0.4 is 5.32 Å². The number of carbonyl (C=O) groups excluding carboxylic acids is 2. The SMILES string of the molecule is COC(=O)[C@@H](Cc1cn(COCc2ccccc2)cn1)NC(=O)OC(C)(C)C. The lowest BCUT2D eigenvalue weighted by molar-refractivity contribution is -0.143. The van der Waals surface area contributed by atoms with Gasteiger partial charge in [-0.25, -0.2) is 14.6 Å². The van der Waals surface area contributed by atoms with E-state index in [0.717, 1.165) is 5.56 Å². The molecule has 0 aliphatic rings. The summed E-state index contributed by atoms with van der Waals surface area (Å²) in [5, 5.41) is 2.53. The molecular weight excluding hydrogens is 362 g/mol. The van der Waals surface area contributed by atoms with Gasteiger partial charge in [-0.3, -0.25) is 0 Å². The minimum atomic E-state index is -0.895. The van der Waals surface area contributed by atoms with Gasteiger partial charge in [-0.2, -0.15) is 0 Å². The Hall–Kier alpha value is -2.87. The molecule has 0 aliphatic carbocycles. The lowest BCUT2D eigenvalue weighted by Gasteiger charge is -2.22. The van der Waals surface area contributed by atoms with E-state index in [4.69, 9.17) is 14.2 Å². The van der Waals surface area contributed by atoms with Crippen molar-refractivity contribution in [1.82, 2.24) is 14.9 Å². The van der Waals surface area contributed by atoms with Crippen molar-refractivity contribution in [2.75, 3.05) is 7.11 Å². The predicted molar refractivity (Wildman–Crippen MR) is 102 cm³/mol. The molecule has 1 amide bonds. The maximum absolute atomic E-state index is 12.0. The average Bonchev–Trinajstić information content (AvgIpc) is 3.07. The Morgan fingerprint density at radius 1 is 1.21 bits per heavy atom. The Kier molecular flexibility index (Phi) is 7.57. The molecule has 0 saturated heterocycles. The summed E-state index contributed by atoms with van der Waals surface area (Å²) in [5.41, 5.74) is 1.03. The minimum absolute atomic E-state index is 0.178. The molecule has 8 nitrogen and oxygen atoms in total. The average molecular weight is 389 g/mol. The van der Waals surface area contributed by atoms with Gasteiger partial charge in [-0.05, 0) is 26.3 Å². The van der Waals surface area contributed by atoms with Gasteiger partial charge >= 0.3 is 12.1 Å². The number of nitrogens with one attached hydrogen (secondary N) is 1. The zero-order chi connectivity index (χ0) is 20.6. The third-order valence-corrected chi connectivity index (χ3v) is 3.63. The van der Waals surface area contributed by atoms with Gasteiger partial charge in [0.05, 0.1) is 25.7 Å². The third kappa shape index (κ3) is 7.40. The molecule has 1 N–H and O–H groups in total. The highest BCUT2D eigenvalue weighted by Gasteiger charge is 2.26. The van der Waals surface area contributed by atoms with E-state index in [0.29, 0.717) is 19.0 Å². The lowest BCUT2D eigenvalue weighted by atomic mass is 10.1. The van der Waals surface area contributed by atoms with Gasteiger partial charge < -0.3 is 24.1 Å². The van der Waals surface area contributed by atoms with Crippen LogP contribution in [0.1, 0.15) is 32.0 Å². The third-order valence-electron chi connectivity index (χ3n) is 3.63. The van der Waals surface area contributed by atoms with Gasteiger partial charge in [-0.15, -0.1) is 0 Å². The van der Waals surface area contributed by atoms with Gasteiger partial charge in [0.15, 0.2) is 0 Å². The standard InChI is InChI=1S/C20H27N3O5/c1-20(2,3)28-19(25)22-17(18(24)26-4)10-16-11-23(13-21-16)14-27-12-15-8-6-5-7-9-15/h5-9,11,13,17H,10,12,14H2,1-4H3,(H,22,25)/t17-/m1/s1. The van der Waals surface area contributed by atoms with Gasteiger partial charge in [0.2, 0.25) is 0 Å². The normalized spacial score (nSPS) is 12.3. The molecule has 2 aromatic rings. The van der Waals surface area contributed by atoms with E-state index in [1.807, 2.05) is 30.3 Å². The molecule has 0 fully saturated rings. The number of alkyl carbamates (subject to hydrolysis) is 1. The summed E-state index contributed by atoms with van der Waals surface area (Å²) < 4.78 is 17.4. The molecule has 0 aliphatic heterocycles. The van der Waals surface area contributed by atoms with Crippen LogP contribution in [0.3, 0.4) is 0 Å². The molecule has 0 bridgehead atoms. The first-order chi connectivity index (χ1) is 13.3. The summed E-state index contributed by atoms with van der Waals surface area (Å²) in [6.07, 6.45) is 2.87. The predicted octanol–water partition coefficient (Wildman–Crippen LogP) is 2.67. The van der Waals surface area contributed by atoms with E-state index in [-0.39, 0.29) is 6.42 Å². The molecule has 2 rings (SSSR count). The van der Waals surface area contributed by atoms with Crippen molar-refractivity contribution in [2.24, 2.45) is 0 Å². The van der Waals surface area contributed by atoms with Gasteiger partial charge in [0.1, 0.15) is 18.4 Å². The number of imidazole rings is 1. The molecule has 1 aromatic heterocycles. The highest BCUT2D eigenvalue weighted by molar-refractivity contribution is 5.81. The first-order valence-electron chi connectivity index (χ1n) is 8.96. The zero-order valence-corrected chi connectivity index (χ0v) is 16.7. The number of rotatable bonds is 8. The topological polar surface area (TPSA) is 91.7 Å². The maximum atomic E-state index is 12.0. The summed E-state index contributed by atoms with van der Waals surface area (Å²) in [5.74, 6) is -0.569. The largest absolute Gasteiger partial charge is 0.467 e. The van der Waals surface area contributed by atoms with Crippen molar-refractivity contribution >= 4 is 12.1 Å². The van der Waals surface area contributed by atoms with Crippen molar-refractivity contribution in [3.05, 3.63) is 54.1 Å². The molecule has 1 atom stereocenters. The number of amides is 1. The molecule has 1 heterocycles. The zero-order valence-electron chi connectivity index (χ0n) is 16.7. The maximum Gasteiger partial charge on any atom is 0.408 e. The van der Waals surface area contributed by atoms with Crippen LogP contribution in [0.15, 0.2) is 42.9 Å². The van der Waals surface area contributed by atoms with Crippen LogP contribution in [0.5, 0.6) is 0 Å². The number of aromatic nitrogens is 2. The number of nitrogens with zero attached hydrogens (tertiary/aromatic N) is 2. The molecular formula is C20H27N3O5. The van der Waals surface area contributed by atoms with Crippen LogP contribution in [0.2, 0.25) is 0 Å². The monoisotopic (exact) mass is 389 g/mol. The lowest BCUT2D eigenvalue weighted by Crippen LogP contribution is -2.45. The Bertz CT molecular complexity index is 768. The number of ether oxygens (including phenoxy) is 3. The van der Waals surface area contributed by atoms with E-state index < -0.39 is 23.7 Å². The van der Waals surface area contributed by atoms with Crippen LogP contribution >= 0.6 is 0 Å². The summed E-state index contributed by atoms with van der Waals surface area (Å²) >= 11 is 0. The summed E-state index contributed by atoms with van der Waals surface area (Å²) in [6, 6.07) is 8.95. The fourth-order valence-electron chi connectivity index (χ4n) is 2.42. The highest BCUT2D eigenvalue weighted by Crippen LogP contribution is 2.09. The number of methoxy groups -OCH3 is 1. The molecule has 28 heavy (non-hydrogen) atoms. The molecule has 0 spiro atoms. The first-order valence-corrected chi connectivity index (χ1v) is 8.96. The second-order valence-corrected chi connectivity index (χ2v) is 7.27. The van der Waals surface area contributed by atoms with Gasteiger partial charge in [0, 0.05) is 12.6 Å². The van der Waals surface area contributed by atoms with E-state index in [2.05, 4.69) is 10.3 Å². The van der Waals surface area contributed by atoms with Crippen LogP contribution in [0, 0.1) is 0 Å². The molecule has 0 saturated carbocycles. The van der Waals surface area contributed by atoms with Crippen LogP contribution in [-0.4, -0.2) is 40.4 Å². The van der Waals surface area contributed by atoms with Crippen molar-refractivity contribution in [1.29, 1.82) is 0 Å². The second-order valence-electron chi connectivity index (χ2n) is 7.27. The number of benzene rings is 1. The molecule has 152 valence electrons. The van der Waals surface area contributed by atoms with Crippen LogP contribution in [0.4, 0.5) is 4.79 Å². The Morgan fingerprint density at radius 2 is 1.93 bits per heavy atom. The Morgan fingerprint density at radius 3 is 2.57 bits per heavy atom. The number of carbonyl (C=O) groups is 2. The van der Waals surface area contributed by atoms with Gasteiger partial charge in [-0.1, -0.05) is 30.3 Å². The van der Waals surface area contributed by atoms with E-state index >= 15 is 0 Å². The van der Waals surface area contributed by atoms with Crippen LogP contribution in [0.25, 0.3) is 0 Å². The number of hydrogen-bond donors (Lipinski definition) is 1. The summed E-state index contributed by atoms with van der Waals surface area (Å²) in [4.78, 5) is 28.2. The number of hydrogen-bond acceptors (Lipinski definition) is 6. The smallest absolute Gasteiger partial charge is 0.408 e. The molecule has 0 radical (unpaired) electrons. The van der Waals surface area contributed by atoms with Crippen molar-refractivity contribution in [3.63, 3.8) is 0 Å². The molecule has 0 unspecified atom stereocenters.